The Morgan fingerprint density at radius 1 is 1.24 bits per heavy atom. The highest BCUT2D eigenvalue weighted by atomic mass is 32.1. The zero-order valence-corrected chi connectivity index (χ0v) is 12.4. The largest absolute Gasteiger partial charge is 0.392 e. The van der Waals surface area contributed by atoms with Gasteiger partial charge in [0.05, 0.1) is 16.8 Å². The fraction of sp³-hybridized carbons (Fsp3) is 0.125. The van der Waals surface area contributed by atoms with E-state index in [1.54, 1.807) is 11.3 Å². The van der Waals surface area contributed by atoms with Crippen molar-refractivity contribution in [3.8, 4) is 0 Å². The van der Waals surface area contributed by atoms with E-state index < -0.39 is 0 Å². The molecule has 0 fully saturated rings. The molecule has 4 nitrogen and oxygen atoms in total. The topological polar surface area (TPSA) is 72.0 Å². The molecule has 3 aromatic rings. The van der Waals surface area contributed by atoms with Crippen LogP contribution in [0.3, 0.4) is 0 Å². The molecule has 1 aromatic carbocycles. The molecule has 0 saturated carbocycles. The third kappa shape index (κ3) is 2.66. The molecule has 0 aliphatic carbocycles. The number of fused-ring (bicyclic) bond motifs is 1. The lowest BCUT2D eigenvalue weighted by atomic mass is 10.0. The zero-order valence-electron chi connectivity index (χ0n) is 11.6. The second kappa shape index (κ2) is 5.63. The van der Waals surface area contributed by atoms with Gasteiger partial charge >= 0.3 is 0 Å². The summed E-state index contributed by atoms with van der Waals surface area (Å²) in [6.07, 6.45) is 5.54. The second-order valence-electron chi connectivity index (χ2n) is 4.81. The van der Waals surface area contributed by atoms with Gasteiger partial charge in [-0.1, -0.05) is 24.3 Å². The van der Waals surface area contributed by atoms with E-state index in [1.165, 1.54) is 6.33 Å². The number of nitrogens with zero attached hydrogens (tertiary/aromatic N) is 2. The molecule has 0 unspecified atom stereocenters. The van der Waals surface area contributed by atoms with Crippen molar-refractivity contribution < 1.29 is 5.11 Å². The van der Waals surface area contributed by atoms with Crippen LogP contribution in [0.1, 0.15) is 22.3 Å². The first-order valence-electron chi connectivity index (χ1n) is 6.55. The van der Waals surface area contributed by atoms with Gasteiger partial charge in [0.1, 0.15) is 12.1 Å². The molecule has 3 N–H and O–H groups in total. The van der Waals surface area contributed by atoms with Crippen molar-refractivity contribution in [3.63, 3.8) is 0 Å². The molecule has 0 aliphatic heterocycles. The van der Waals surface area contributed by atoms with Crippen molar-refractivity contribution in [2.45, 2.75) is 13.5 Å². The van der Waals surface area contributed by atoms with Gasteiger partial charge in [-0.15, -0.1) is 11.3 Å². The minimum atomic E-state index is 0.0479. The van der Waals surface area contributed by atoms with Crippen LogP contribution in [0, 0.1) is 6.92 Å². The highest BCUT2D eigenvalue weighted by molar-refractivity contribution is 7.18. The number of nitrogen functional groups attached to an aromatic ring is 1. The van der Waals surface area contributed by atoms with E-state index in [0.29, 0.717) is 5.82 Å². The Morgan fingerprint density at radius 2 is 2.05 bits per heavy atom. The van der Waals surface area contributed by atoms with Crippen LogP contribution in [0.5, 0.6) is 0 Å². The molecule has 21 heavy (non-hydrogen) atoms. The first-order valence-corrected chi connectivity index (χ1v) is 7.43. The Balaban J connectivity index is 2.00. The predicted octanol–water partition coefficient (Wildman–Crippen LogP) is 3.24. The minimum absolute atomic E-state index is 0.0479. The average molecular weight is 297 g/mol. The van der Waals surface area contributed by atoms with Crippen LogP contribution in [-0.2, 0) is 6.61 Å². The third-order valence-corrected chi connectivity index (χ3v) is 4.39. The lowest BCUT2D eigenvalue weighted by Gasteiger charge is -2.03. The van der Waals surface area contributed by atoms with Gasteiger partial charge in [-0.3, -0.25) is 0 Å². The van der Waals surface area contributed by atoms with E-state index in [4.69, 9.17) is 5.73 Å². The summed E-state index contributed by atoms with van der Waals surface area (Å²) in [5.74, 6) is 0.517. The Kier molecular flexibility index (Phi) is 3.68. The number of hydrogen-bond acceptors (Lipinski definition) is 5. The number of thiophene rings is 1. The van der Waals surface area contributed by atoms with Crippen molar-refractivity contribution in [1.29, 1.82) is 0 Å². The first-order chi connectivity index (χ1) is 10.2. The molecule has 0 amide bonds. The number of anilines is 1. The van der Waals surface area contributed by atoms with E-state index >= 15 is 0 Å². The van der Waals surface area contributed by atoms with Gasteiger partial charge < -0.3 is 10.8 Å². The molecule has 0 spiro atoms. The van der Waals surface area contributed by atoms with Gasteiger partial charge in [0.15, 0.2) is 0 Å². The predicted molar refractivity (Wildman–Crippen MR) is 87.9 cm³/mol. The summed E-state index contributed by atoms with van der Waals surface area (Å²) in [6.45, 7) is 2.10. The second-order valence-corrected chi connectivity index (χ2v) is 5.69. The summed E-state index contributed by atoms with van der Waals surface area (Å²) in [6, 6.07) is 5.93. The summed E-state index contributed by atoms with van der Waals surface area (Å²) < 4.78 is 0.915. The molecule has 2 aromatic heterocycles. The highest BCUT2D eigenvalue weighted by Gasteiger charge is 2.06. The van der Waals surface area contributed by atoms with Crippen LogP contribution in [0.4, 0.5) is 5.82 Å². The van der Waals surface area contributed by atoms with Crippen molar-refractivity contribution >= 4 is 39.5 Å². The standard InChI is InChI=1S/C16H15N3OS/c1-10-2-3-11(7-20)6-12(10)4-5-13-8-21-15-14(13)18-9-19-16(15)17/h2-6,8-9,20H,7H2,1H3,(H2,17,18,19). The lowest BCUT2D eigenvalue weighted by Crippen LogP contribution is -1.90. The van der Waals surface area contributed by atoms with E-state index in [2.05, 4.69) is 9.97 Å². The van der Waals surface area contributed by atoms with Crippen molar-refractivity contribution in [2.75, 3.05) is 5.73 Å². The number of nitrogens with two attached hydrogens (primary N) is 1. The molecule has 0 aliphatic rings. The highest BCUT2D eigenvalue weighted by Crippen LogP contribution is 2.28. The number of aromatic nitrogens is 2. The van der Waals surface area contributed by atoms with Crippen molar-refractivity contribution in [1.82, 2.24) is 9.97 Å². The number of hydrogen-bond donors (Lipinski definition) is 2. The molecule has 3 rings (SSSR count). The van der Waals surface area contributed by atoms with Crippen LogP contribution in [-0.4, -0.2) is 15.1 Å². The summed E-state index contributed by atoms with van der Waals surface area (Å²) in [5.41, 5.74) is 10.9. The van der Waals surface area contributed by atoms with Gasteiger partial charge in [-0.05, 0) is 29.7 Å². The number of aliphatic hydroxyl groups is 1. The summed E-state index contributed by atoms with van der Waals surface area (Å²) >= 11 is 1.55. The van der Waals surface area contributed by atoms with Gasteiger partial charge in [-0.2, -0.15) is 0 Å². The third-order valence-electron chi connectivity index (χ3n) is 3.38. The van der Waals surface area contributed by atoms with Crippen LogP contribution >= 0.6 is 11.3 Å². The fourth-order valence-corrected chi connectivity index (χ4v) is 3.04. The van der Waals surface area contributed by atoms with E-state index in [0.717, 1.165) is 32.5 Å². The van der Waals surface area contributed by atoms with Gasteiger partial charge in [-0.25, -0.2) is 9.97 Å². The summed E-state index contributed by atoms with van der Waals surface area (Å²) in [7, 11) is 0. The smallest absolute Gasteiger partial charge is 0.144 e. The lowest BCUT2D eigenvalue weighted by molar-refractivity contribution is 0.282. The van der Waals surface area contributed by atoms with Crippen molar-refractivity contribution in [3.05, 3.63) is 52.2 Å². The molecule has 5 heteroatoms. The SMILES string of the molecule is Cc1ccc(CO)cc1C=Cc1csc2c(N)ncnc12. The summed E-state index contributed by atoms with van der Waals surface area (Å²) in [4.78, 5) is 8.30. The van der Waals surface area contributed by atoms with E-state index in [-0.39, 0.29) is 6.61 Å². The molecule has 0 bridgehead atoms. The Labute approximate surface area is 126 Å². The average Bonchev–Trinajstić information content (AvgIpc) is 2.91. The van der Waals surface area contributed by atoms with Crippen LogP contribution < -0.4 is 5.73 Å². The van der Waals surface area contributed by atoms with Gasteiger partial charge in [0.25, 0.3) is 0 Å². The van der Waals surface area contributed by atoms with Crippen molar-refractivity contribution in [2.24, 2.45) is 0 Å². The maximum atomic E-state index is 9.22. The van der Waals surface area contributed by atoms with Crippen LogP contribution in [0.15, 0.2) is 29.9 Å². The number of rotatable bonds is 3. The molecular formula is C16H15N3OS. The summed E-state index contributed by atoms with van der Waals surface area (Å²) in [5, 5.41) is 11.2. The zero-order chi connectivity index (χ0) is 14.8. The quantitative estimate of drug-likeness (QED) is 0.778. The molecule has 106 valence electrons. The molecule has 0 radical (unpaired) electrons. The van der Waals surface area contributed by atoms with E-state index in [9.17, 15) is 5.11 Å². The Morgan fingerprint density at radius 3 is 2.86 bits per heavy atom. The molecular weight excluding hydrogens is 282 g/mol. The fourth-order valence-electron chi connectivity index (χ4n) is 2.15. The Bertz CT molecular complexity index is 824. The minimum Gasteiger partial charge on any atom is -0.392 e. The molecule has 0 atom stereocenters. The number of aryl methyl sites for hydroxylation is 1. The number of aliphatic hydroxyl groups excluding tert-OH is 1. The van der Waals surface area contributed by atoms with Gasteiger partial charge in [0, 0.05) is 10.9 Å². The number of benzene rings is 1. The maximum Gasteiger partial charge on any atom is 0.144 e. The maximum absolute atomic E-state index is 9.22. The molecule has 0 saturated heterocycles. The monoisotopic (exact) mass is 297 g/mol. The normalized spacial score (nSPS) is 11.5. The first kappa shape index (κ1) is 13.7. The van der Waals surface area contributed by atoms with Gasteiger partial charge in [0.2, 0.25) is 0 Å². The van der Waals surface area contributed by atoms with Crippen LogP contribution in [0.2, 0.25) is 0 Å². The van der Waals surface area contributed by atoms with E-state index in [1.807, 2.05) is 42.7 Å². The van der Waals surface area contributed by atoms with Crippen LogP contribution in [0.25, 0.3) is 22.4 Å². The molecule has 2 heterocycles. The Hall–Kier alpha value is -2.24.